The van der Waals surface area contributed by atoms with Gasteiger partial charge in [0.2, 0.25) is 11.8 Å². The predicted octanol–water partition coefficient (Wildman–Crippen LogP) is 3.24. The largest absolute Gasteiger partial charge is 0.366 e. The Kier molecular flexibility index (Phi) is 6.42. The molecule has 4 amide bonds. The topological polar surface area (TPSA) is 106 Å². The Morgan fingerprint density at radius 3 is 2.36 bits per heavy atom. The third-order valence-electron chi connectivity index (χ3n) is 6.04. The van der Waals surface area contributed by atoms with E-state index in [1.165, 1.54) is 0 Å². The van der Waals surface area contributed by atoms with Gasteiger partial charge in [0.15, 0.2) is 0 Å². The summed E-state index contributed by atoms with van der Waals surface area (Å²) in [4.78, 5) is 52.4. The van der Waals surface area contributed by atoms with Crippen molar-refractivity contribution in [3.05, 3.63) is 57.8 Å². The van der Waals surface area contributed by atoms with E-state index in [1.807, 2.05) is 36.6 Å². The molecule has 1 aromatic heterocycles. The van der Waals surface area contributed by atoms with Crippen LogP contribution in [0.1, 0.15) is 46.6 Å². The Bertz CT molecular complexity index is 1160. The van der Waals surface area contributed by atoms with Crippen molar-refractivity contribution < 1.29 is 19.2 Å². The van der Waals surface area contributed by atoms with Gasteiger partial charge >= 0.3 is 0 Å². The highest BCUT2D eigenvalue weighted by Crippen LogP contribution is 2.34. The van der Waals surface area contributed by atoms with Crippen LogP contribution in [0.3, 0.4) is 0 Å². The molecule has 2 aromatic rings. The van der Waals surface area contributed by atoms with Gasteiger partial charge in [-0.15, -0.1) is 0 Å². The number of hydrogen-bond acceptors (Lipinski definition) is 5. The lowest BCUT2D eigenvalue weighted by atomic mass is 10.1. The van der Waals surface area contributed by atoms with Gasteiger partial charge in [0.05, 0.1) is 4.91 Å². The van der Waals surface area contributed by atoms with E-state index in [0.29, 0.717) is 23.6 Å². The van der Waals surface area contributed by atoms with Gasteiger partial charge in [0.1, 0.15) is 6.54 Å². The minimum Gasteiger partial charge on any atom is -0.366 e. The van der Waals surface area contributed by atoms with Gasteiger partial charge in [0, 0.05) is 35.7 Å². The van der Waals surface area contributed by atoms with Crippen LogP contribution in [0.4, 0.5) is 4.79 Å². The molecule has 4 rings (SSSR count). The van der Waals surface area contributed by atoms with Crippen LogP contribution in [0.2, 0.25) is 0 Å². The van der Waals surface area contributed by atoms with Gasteiger partial charge < -0.3 is 15.2 Å². The summed E-state index contributed by atoms with van der Waals surface area (Å²) in [6.07, 6.45) is 4.71. The molecule has 33 heavy (non-hydrogen) atoms. The van der Waals surface area contributed by atoms with Crippen LogP contribution in [0.15, 0.2) is 35.2 Å². The molecule has 2 fully saturated rings. The second-order valence-electron chi connectivity index (χ2n) is 8.28. The number of rotatable bonds is 5. The maximum absolute atomic E-state index is 12.9. The Morgan fingerprint density at radius 2 is 1.73 bits per heavy atom. The number of aryl methyl sites for hydroxylation is 1. The number of amides is 4. The van der Waals surface area contributed by atoms with Crippen LogP contribution in [-0.4, -0.2) is 57.0 Å². The average molecular weight is 467 g/mol. The van der Waals surface area contributed by atoms with E-state index in [4.69, 9.17) is 5.73 Å². The van der Waals surface area contributed by atoms with E-state index in [2.05, 4.69) is 0 Å². The fraction of sp³-hybridized carbons (Fsp3) is 0.333. The summed E-state index contributed by atoms with van der Waals surface area (Å²) in [7, 11) is 0. The molecule has 2 N–H and O–H groups in total. The normalized spacial score (nSPS) is 17.8. The van der Waals surface area contributed by atoms with Gasteiger partial charge in [-0.25, -0.2) is 0 Å². The van der Waals surface area contributed by atoms with Crippen molar-refractivity contribution in [2.45, 2.75) is 33.1 Å². The van der Waals surface area contributed by atoms with Gasteiger partial charge in [-0.2, -0.15) is 0 Å². The first-order chi connectivity index (χ1) is 15.8. The molecule has 0 spiro atoms. The van der Waals surface area contributed by atoms with E-state index in [1.54, 1.807) is 23.1 Å². The Morgan fingerprint density at radius 1 is 1.06 bits per heavy atom. The van der Waals surface area contributed by atoms with Crippen LogP contribution in [0.5, 0.6) is 0 Å². The SMILES string of the molecule is Cc1cc(C=C2SC(=O)N(CC(=O)N3CCCCC3)C2=O)c(C)n1-c1ccc(C(N)=O)cc1. The van der Waals surface area contributed by atoms with Crippen molar-refractivity contribution in [2.75, 3.05) is 19.6 Å². The molecule has 0 atom stereocenters. The van der Waals surface area contributed by atoms with E-state index < -0.39 is 17.1 Å². The minimum atomic E-state index is -0.488. The van der Waals surface area contributed by atoms with Crippen LogP contribution < -0.4 is 5.73 Å². The summed E-state index contributed by atoms with van der Waals surface area (Å²) in [5.41, 5.74) is 9.23. The number of aromatic nitrogens is 1. The lowest BCUT2D eigenvalue weighted by Crippen LogP contribution is -2.44. The third kappa shape index (κ3) is 4.59. The molecular weight excluding hydrogens is 440 g/mol. The molecule has 0 radical (unpaired) electrons. The molecule has 0 saturated carbocycles. The lowest BCUT2D eigenvalue weighted by Gasteiger charge is -2.27. The first kappa shape index (κ1) is 22.8. The van der Waals surface area contributed by atoms with Crippen LogP contribution >= 0.6 is 11.8 Å². The van der Waals surface area contributed by atoms with Gasteiger partial charge in [-0.1, -0.05) is 0 Å². The van der Waals surface area contributed by atoms with E-state index in [0.717, 1.165) is 58.6 Å². The minimum absolute atomic E-state index is 0.184. The molecule has 1 aromatic carbocycles. The molecule has 9 heteroatoms. The number of imide groups is 1. The van der Waals surface area contributed by atoms with Crippen LogP contribution in [0.25, 0.3) is 11.8 Å². The molecule has 0 bridgehead atoms. The molecule has 2 aliphatic heterocycles. The fourth-order valence-electron chi connectivity index (χ4n) is 4.26. The van der Waals surface area contributed by atoms with E-state index >= 15 is 0 Å². The van der Waals surface area contributed by atoms with Crippen molar-refractivity contribution >= 4 is 40.8 Å². The monoisotopic (exact) mass is 466 g/mol. The first-order valence-corrected chi connectivity index (χ1v) is 11.7. The van der Waals surface area contributed by atoms with Gasteiger partial charge in [0.25, 0.3) is 11.1 Å². The maximum atomic E-state index is 12.9. The number of hydrogen-bond donors (Lipinski definition) is 1. The summed E-state index contributed by atoms with van der Waals surface area (Å²) < 4.78 is 2.00. The highest BCUT2D eigenvalue weighted by molar-refractivity contribution is 8.18. The summed E-state index contributed by atoms with van der Waals surface area (Å²) in [6, 6.07) is 8.89. The Balaban J connectivity index is 1.55. The highest BCUT2D eigenvalue weighted by Gasteiger charge is 2.37. The summed E-state index contributed by atoms with van der Waals surface area (Å²) >= 11 is 0.857. The van der Waals surface area contributed by atoms with Gasteiger partial charge in [-0.05, 0) is 86.8 Å². The Hall–Kier alpha value is -3.33. The zero-order valence-corrected chi connectivity index (χ0v) is 19.5. The van der Waals surface area contributed by atoms with Crippen LogP contribution in [0, 0.1) is 13.8 Å². The van der Waals surface area contributed by atoms with Crippen molar-refractivity contribution in [3.8, 4) is 5.69 Å². The molecule has 172 valence electrons. The molecule has 8 nitrogen and oxygen atoms in total. The summed E-state index contributed by atoms with van der Waals surface area (Å²) in [6.45, 7) is 5.00. The summed E-state index contributed by atoms with van der Waals surface area (Å²) in [5.74, 6) is -1.11. The second-order valence-corrected chi connectivity index (χ2v) is 9.28. The number of carbonyl (C=O) groups excluding carboxylic acids is 4. The number of thioether (sulfide) groups is 1. The molecule has 0 unspecified atom stereocenters. The first-order valence-electron chi connectivity index (χ1n) is 10.9. The standard InChI is InChI=1S/C24H26N4O4S/c1-15-12-18(16(2)28(15)19-8-6-17(7-9-19)22(25)30)13-20-23(31)27(24(32)33-20)14-21(29)26-10-4-3-5-11-26/h6-9,12-13H,3-5,10-11,14H2,1-2H3,(H2,25,30). The maximum Gasteiger partial charge on any atom is 0.294 e. The summed E-state index contributed by atoms with van der Waals surface area (Å²) in [5, 5.41) is -0.424. The average Bonchev–Trinajstić information content (AvgIpc) is 3.23. The molecular formula is C24H26N4O4S. The van der Waals surface area contributed by atoms with Crippen LogP contribution in [-0.2, 0) is 9.59 Å². The van der Waals surface area contributed by atoms with Crippen molar-refractivity contribution in [3.63, 3.8) is 0 Å². The van der Waals surface area contributed by atoms with E-state index in [-0.39, 0.29) is 12.5 Å². The van der Waals surface area contributed by atoms with Crippen molar-refractivity contribution in [2.24, 2.45) is 5.73 Å². The van der Waals surface area contributed by atoms with Crippen molar-refractivity contribution in [1.29, 1.82) is 0 Å². The molecule has 2 saturated heterocycles. The molecule has 2 aliphatic rings. The number of piperidine rings is 1. The fourth-order valence-corrected chi connectivity index (χ4v) is 5.09. The van der Waals surface area contributed by atoms with Gasteiger partial charge in [-0.3, -0.25) is 24.1 Å². The number of benzene rings is 1. The third-order valence-corrected chi connectivity index (χ3v) is 6.95. The number of primary amides is 1. The highest BCUT2D eigenvalue weighted by atomic mass is 32.2. The number of nitrogens with two attached hydrogens (primary N) is 1. The number of likely N-dealkylation sites (tertiary alicyclic amines) is 1. The molecule has 0 aliphatic carbocycles. The number of carbonyl (C=O) groups is 4. The number of nitrogens with zero attached hydrogens (tertiary/aromatic N) is 3. The lowest BCUT2D eigenvalue weighted by molar-refractivity contribution is -0.136. The van der Waals surface area contributed by atoms with E-state index in [9.17, 15) is 19.2 Å². The quantitative estimate of drug-likeness (QED) is 0.681. The smallest absolute Gasteiger partial charge is 0.294 e. The zero-order chi connectivity index (χ0) is 23.7. The van der Waals surface area contributed by atoms with Crippen molar-refractivity contribution in [1.82, 2.24) is 14.4 Å². The Labute approximate surface area is 196 Å². The molecule has 3 heterocycles. The zero-order valence-electron chi connectivity index (χ0n) is 18.7. The predicted molar refractivity (Wildman–Crippen MR) is 127 cm³/mol. The second kappa shape index (κ2) is 9.27.